The molecule has 0 aromatic carbocycles. The maximum absolute atomic E-state index is 11.7. The van der Waals surface area contributed by atoms with Crippen LogP contribution in [0.15, 0.2) is 5.38 Å². The van der Waals surface area contributed by atoms with Crippen molar-refractivity contribution in [3.63, 3.8) is 0 Å². The van der Waals surface area contributed by atoms with Crippen LogP contribution in [0.1, 0.15) is 38.8 Å². The van der Waals surface area contributed by atoms with Crippen LogP contribution in [-0.2, 0) is 16.0 Å². The van der Waals surface area contributed by atoms with Crippen LogP contribution in [0.5, 0.6) is 0 Å². The van der Waals surface area contributed by atoms with Crippen LogP contribution in [0.4, 0.5) is 5.13 Å². The highest BCUT2D eigenvalue weighted by molar-refractivity contribution is 7.13. The molecule has 110 valence electrons. The van der Waals surface area contributed by atoms with E-state index in [0.29, 0.717) is 23.3 Å². The number of carbonyl (C=O) groups excluding carboxylic acids is 2. The van der Waals surface area contributed by atoms with E-state index in [1.165, 1.54) is 11.3 Å². The Kier molecular flexibility index (Phi) is 5.11. The summed E-state index contributed by atoms with van der Waals surface area (Å²) in [4.78, 5) is 27.6. The Labute approximate surface area is 123 Å². The van der Waals surface area contributed by atoms with E-state index in [2.05, 4.69) is 29.5 Å². The highest BCUT2D eigenvalue weighted by Crippen LogP contribution is 2.30. The maximum atomic E-state index is 11.7. The summed E-state index contributed by atoms with van der Waals surface area (Å²) in [6, 6.07) is 0. The predicted molar refractivity (Wildman–Crippen MR) is 79.6 cm³/mol. The van der Waals surface area contributed by atoms with Gasteiger partial charge in [0.2, 0.25) is 11.8 Å². The molecule has 1 aliphatic rings. The topological polar surface area (TPSA) is 71.1 Å². The molecular weight excluding hydrogens is 274 g/mol. The molecule has 2 N–H and O–H groups in total. The van der Waals surface area contributed by atoms with Crippen molar-refractivity contribution in [2.24, 2.45) is 11.8 Å². The summed E-state index contributed by atoms with van der Waals surface area (Å²) in [5, 5.41) is 8.09. The van der Waals surface area contributed by atoms with E-state index in [4.69, 9.17) is 0 Å². The highest BCUT2D eigenvalue weighted by Gasteiger charge is 2.30. The molecule has 0 unspecified atom stereocenters. The Bertz CT molecular complexity index is 481. The van der Waals surface area contributed by atoms with Gasteiger partial charge in [0.05, 0.1) is 12.1 Å². The lowest BCUT2D eigenvalue weighted by Crippen LogP contribution is -2.27. The van der Waals surface area contributed by atoms with Crippen molar-refractivity contribution in [2.45, 2.75) is 39.5 Å². The van der Waals surface area contributed by atoms with E-state index < -0.39 is 0 Å². The Morgan fingerprint density at radius 1 is 1.45 bits per heavy atom. The van der Waals surface area contributed by atoms with Crippen molar-refractivity contribution in [1.82, 2.24) is 10.3 Å². The molecular formula is C14H21N3O2S. The molecule has 1 saturated carbocycles. The zero-order valence-corrected chi connectivity index (χ0v) is 12.8. The fraction of sp³-hybridized carbons (Fsp3) is 0.643. The number of hydrogen-bond donors (Lipinski definition) is 2. The van der Waals surface area contributed by atoms with Gasteiger partial charge in [0.25, 0.3) is 0 Å². The second-order valence-corrected chi connectivity index (χ2v) is 6.47. The van der Waals surface area contributed by atoms with E-state index in [1.807, 2.05) is 5.38 Å². The number of carbonyl (C=O) groups is 2. The summed E-state index contributed by atoms with van der Waals surface area (Å²) in [6.45, 7) is 4.95. The summed E-state index contributed by atoms with van der Waals surface area (Å²) < 4.78 is 0. The highest BCUT2D eigenvalue weighted by atomic mass is 32.1. The van der Waals surface area contributed by atoms with Gasteiger partial charge in [-0.1, -0.05) is 13.8 Å². The van der Waals surface area contributed by atoms with Crippen LogP contribution in [0, 0.1) is 11.8 Å². The average molecular weight is 295 g/mol. The minimum absolute atomic E-state index is 0.0176. The first-order valence-electron chi connectivity index (χ1n) is 7.06. The second-order valence-electron chi connectivity index (χ2n) is 5.62. The first-order valence-corrected chi connectivity index (χ1v) is 7.94. The Balaban J connectivity index is 1.74. The zero-order valence-electron chi connectivity index (χ0n) is 11.9. The second kappa shape index (κ2) is 6.83. The Morgan fingerprint density at radius 2 is 2.20 bits per heavy atom. The number of anilines is 1. The largest absolute Gasteiger partial charge is 0.356 e. The van der Waals surface area contributed by atoms with Gasteiger partial charge < -0.3 is 10.6 Å². The van der Waals surface area contributed by atoms with Crippen LogP contribution in [0.2, 0.25) is 0 Å². The minimum Gasteiger partial charge on any atom is -0.356 e. The lowest BCUT2D eigenvalue weighted by molar-refractivity contribution is -0.120. The van der Waals surface area contributed by atoms with Gasteiger partial charge in [0.1, 0.15) is 0 Å². The summed E-state index contributed by atoms with van der Waals surface area (Å²) in [7, 11) is 0. The first kappa shape index (κ1) is 15.0. The van der Waals surface area contributed by atoms with Crippen molar-refractivity contribution in [2.75, 3.05) is 11.9 Å². The van der Waals surface area contributed by atoms with Crippen LogP contribution in [-0.4, -0.2) is 23.3 Å². The van der Waals surface area contributed by atoms with Gasteiger partial charge in [-0.25, -0.2) is 4.98 Å². The number of hydrogen-bond acceptors (Lipinski definition) is 4. The van der Waals surface area contributed by atoms with Crippen molar-refractivity contribution < 1.29 is 9.59 Å². The standard InChI is InChI=1S/C14H21N3O2S/c1-9(2)5-6-15-12(18)7-11-8-20-14(16-11)17-13(19)10-3-4-10/h8-10H,3-7H2,1-2H3,(H,15,18)(H,16,17,19). The average Bonchev–Trinajstić information content (AvgIpc) is 3.13. The molecule has 0 saturated heterocycles. The van der Waals surface area contributed by atoms with Gasteiger partial charge in [0.15, 0.2) is 5.13 Å². The molecule has 6 heteroatoms. The van der Waals surface area contributed by atoms with Gasteiger partial charge in [-0.3, -0.25) is 9.59 Å². The Morgan fingerprint density at radius 3 is 2.85 bits per heavy atom. The monoisotopic (exact) mass is 295 g/mol. The lowest BCUT2D eigenvalue weighted by Gasteiger charge is -2.06. The molecule has 1 heterocycles. The van der Waals surface area contributed by atoms with E-state index in [-0.39, 0.29) is 24.2 Å². The zero-order chi connectivity index (χ0) is 14.5. The molecule has 0 atom stereocenters. The molecule has 0 radical (unpaired) electrons. The van der Waals surface area contributed by atoms with Crippen LogP contribution in [0.25, 0.3) is 0 Å². The fourth-order valence-electron chi connectivity index (χ4n) is 1.73. The quantitative estimate of drug-likeness (QED) is 0.810. The smallest absolute Gasteiger partial charge is 0.229 e. The lowest BCUT2D eigenvalue weighted by atomic mass is 10.1. The third-order valence-corrected chi connectivity index (χ3v) is 3.92. The number of nitrogens with one attached hydrogen (secondary N) is 2. The van der Waals surface area contributed by atoms with Crippen LogP contribution < -0.4 is 10.6 Å². The molecule has 0 spiro atoms. The molecule has 2 amide bonds. The molecule has 5 nitrogen and oxygen atoms in total. The third kappa shape index (κ3) is 4.92. The molecule has 0 bridgehead atoms. The number of rotatable bonds is 7. The summed E-state index contributed by atoms with van der Waals surface area (Å²) in [5.41, 5.74) is 0.711. The number of aromatic nitrogens is 1. The number of amides is 2. The van der Waals surface area contributed by atoms with Crippen molar-refractivity contribution in [1.29, 1.82) is 0 Å². The molecule has 20 heavy (non-hydrogen) atoms. The maximum Gasteiger partial charge on any atom is 0.229 e. The third-order valence-electron chi connectivity index (χ3n) is 3.12. The molecule has 1 aromatic rings. The van der Waals surface area contributed by atoms with E-state index in [0.717, 1.165) is 19.3 Å². The molecule has 1 aromatic heterocycles. The minimum atomic E-state index is -0.0176. The molecule has 1 aliphatic carbocycles. The van der Waals surface area contributed by atoms with Gasteiger partial charge in [0, 0.05) is 17.8 Å². The number of thiazole rings is 1. The van der Waals surface area contributed by atoms with E-state index >= 15 is 0 Å². The first-order chi connectivity index (χ1) is 9.54. The number of nitrogens with zero attached hydrogens (tertiary/aromatic N) is 1. The fourth-order valence-corrected chi connectivity index (χ4v) is 2.44. The van der Waals surface area contributed by atoms with Crippen molar-refractivity contribution >= 4 is 28.3 Å². The molecule has 0 aliphatic heterocycles. The Hall–Kier alpha value is -1.43. The van der Waals surface area contributed by atoms with Crippen LogP contribution in [0.3, 0.4) is 0 Å². The van der Waals surface area contributed by atoms with Gasteiger partial charge in [-0.2, -0.15) is 0 Å². The SMILES string of the molecule is CC(C)CCNC(=O)Cc1csc(NC(=O)C2CC2)n1. The van der Waals surface area contributed by atoms with Gasteiger partial charge in [-0.05, 0) is 25.2 Å². The van der Waals surface area contributed by atoms with Crippen molar-refractivity contribution in [3.05, 3.63) is 11.1 Å². The van der Waals surface area contributed by atoms with Crippen LogP contribution >= 0.6 is 11.3 Å². The van der Waals surface area contributed by atoms with Gasteiger partial charge in [-0.15, -0.1) is 11.3 Å². The van der Waals surface area contributed by atoms with Crippen molar-refractivity contribution in [3.8, 4) is 0 Å². The van der Waals surface area contributed by atoms with E-state index in [9.17, 15) is 9.59 Å². The van der Waals surface area contributed by atoms with Gasteiger partial charge >= 0.3 is 0 Å². The molecule has 2 rings (SSSR count). The van der Waals surface area contributed by atoms with E-state index in [1.54, 1.807) is 0 Å². The summed E-state index contributed by atoms with van der Waals surface area (Å²) in [6.07, 6.45) is 3.20. The summed E-state index contributed by atoms with van der Waals surface area (Å²) in [5.74, 6) is 0.781. The summed E-state index contributed by atoms with van der Waals surface area (Å²) >= 11 is 1.37. The predicted octanol–water partition coefficient (Wildman–Crippen LogP) is 2.20. The molecule has 1 fully saturated rings. The normalized spacial score (nSPS) is 14.3.